The SMILES string of the molecule is CN(C)CCN(C)S(=O)(=O)c1cncc(C#CCN)c1. The third-order valence-electron chi connectivity index (χ3n) is 2.62. The monoisotopic (exact) mass is 296 g/mol. The Kier molecular flexibility index (Phi) is 6.10. The van der Waals surface area contributed by atoms with Crippen LogP contribution in [0.2, 0.25) is 0 Å². The number of hydrogen-bond donors (Lipinski definition) is 1. The smallest absolute Gasteiger partial charge is 0.244 e. The van der Waals surface area contributed by atoms with Gasteiger partial charge in [0, 0.05) is 38.1 Å². The first-order valence-electron chi connectivity index (χ1n) is 6.13. The second-order valence-electron chi connectivity index (χ2n) is 4.55. The molecule has 1 aromatic rings. The van der Waals surface area contributed by atoms with E-state index in [-0.39, 0.29) is 11.4 Å². The van der Waals surface area contributed by atoms with E-state index in [1.807, 2.05) is 19.0 Å². The summed E-state index contributed by atoms with van der Waals surface area (Å²) in [7, 11) is 1.80. The molecule has 0 aliphatic carbocycles. The van der Waals surface area contributed by atoms with Gasteiger partial charge in [-0.05, 0) is 20.2 Å². The van der Waals surface area contributed by atoms with Crippen LogP contribution in [0.1, 0.15) is 5.56 Å². The second kappa shape index (κ2) is 7.36. The van der Waals surface area contributed by atoms with Crippen molar-refractivity contribution in [1.82, 2.24) is 14.2 Å². The highest BCUT2D eigenvalue weighted by Gasteiger charge is 2.21. The molecule has 1 heterocycles. The Labute approximate surface area is 120 Å². The summed E-state index contributed by atoms with van der Waals surface area (Å²) < 4.78 is 26.0. The number of nitrogens with zero attached hydrogens (tertiary/aromatic N) is 3. The fourth-order valence-corrected chi connectivity index (χ4v) is 2.57. The predicted octanol–water partition coefficient (Wildman–Crippen LogP) is -0.426. The fraction of sp³-hybridized carbons (Fsp3) is 0.462. The molecule has 0 aliphatic rings. The molecule has 0 saturated carbocycles. The van der Waals surface area contributed by atoms with Gasteiger partial charge < -0.3 is 10.6 Å². The van der Waals surface area contributed by atoms with E-state index in [0.29, 0.717) is 18.7 Å². The van der Waals surface area contributed by atoms with Gasteiger partial charge in [0.15, 0.2) is 0 Å². The molecule has 0 saturated heterocycles. The van der Waals surface area contributed by atoms with E-state index in [1.54, 1.807) is 7.05 Å². The minimum Gasteiger partial charge on any atom is -0.320 e. The zero-order valence-corrected chi connectivity index (χ0v) is 12.8. The van der Waals surface area contributed by atoms with Crippen LogP contribution >= 0.6 is 0 Å². The van der Waals surface area contributed by atoms with Crippen molar-refractivity contribution in [3.8, 4) is 11.8 Å². The van der Waals surface area contributed by atoms with Gasteiger partial charge in [0.1, 0.15) is 4.90 Å². The van der Waals surface area contributed by atoms with Gasteiger partial charge in [0.2, 0.25) is 10.0 Å². The largest absolute Gasteiger partial charge is 0.320 e. The van der Waals surface area contributed by atoms with Crippen molar-refractivity contribution in [2.75, 3.05) is 40.8 Å². The van der Waals surface area contributed by atoms with E-state index in [4.69, 9.17) is 5.73 Å². The van der Waals surface area contributed by atoms with Gasteiger partial charge in [-0.25, -0.2) is 8.42 Å². The average molecular weight is 296 g/mol. The quantitative estimate of drug-likeness (QED) is 0.746. The van der Waals surface area contributed by atoms with Crippen LogP contribution in [0, 0.1) is 11.8 Å². The van der Waals surface area contributed by atoms with Crippen LogP contribution in [0.5, 0.6) is 0 Å². The maximum absolute atomic E-state index is 12.4. The van der Waals surface area contributed by atoms with E-state index >= 15 is 0 Å². The molecule has 1 rings (SSSR count). The molecule has 0 atom stereocenters. The van der Waals surface area contributed by atoms with Crippen LogP contribution < -0.4 is 5.73 Å². The standard InChI is InChI=1S/C13H20N4O2S/c1-16(2)7-8-17(3)20(18,19)13-9-12(5-4-6-14)10-15-11-13/h9-11H,6-8,14H2,1-3H3. The van der Waals surface area contributed by atoms with E-state index in [9.17, 15) is 8.42 Å². The van der Waals surface area contributed by atoms with Gasteiger partial charge in [-0.1, -0.05) is 11.8 Å². The molecule has 20 heavy (non-hydrogen) atoms. The Hall–Kier alpha value is -1.46. The molecular formula is C13H20N4O2S. The van der Waals surface area contributed by atoms with Crippen molar-refractivity contribution in [2.45, 2.75) is 4.90 Å². The van der Waals surface area contributed by atoms with E-state index in [2.05, 4.69) is 16.8 Å². The van der Waals surface area contributed by atoms with Crippen LogP contribution in [-0.2, 0) is 10.0 Å². The highest BCUT2D eigenvalue weighted by atomic mass is 32.2. The number of nitrogens with two attached hydrogens (primary N) is 1. The number of pyridine rings is 1. The Morgan fingerprint density at radius 3 is 2.55 bits per heavy atom. The lowest BCUT2D eigenvalue weighted by Gasteiger charge is -2.19. The summed E-state index contributed by atoms with van der Waals surface area (Å²) in [6.07, 6.45) is 2.84. The minimum absolute atomic E-state index is 0.141. The van der Waals surface area contributed by atoms with E-state index in [0.717, 1.165) is 0 Å². The highest BCUT2D eigenvalue weighted by Crippen LogP contribution is 2.14. The topological polar surface area (TPSA) is 79.5 Å². The first-order chi connectivity index (χ1) is 9.37. The maximum Gasteiger partial charge on any atom is 0.244 e. The van der Waals surface area contributed by atoms with Crippen LogP contribution in [0.25, 0.3) is 0 Å². The number of hydrogen-bond acceptors (Lipinski definition) is 5. The molecule has 6 nitrogen and oxygen atoms in total. The Morgan fingerprint density at radius 1 is 1.25 bits per heavy atom. The van der Waals surface area contributed by atoms with Gasteiger partial charge in [-0.3, -0.25) is 4.98 Å². The summed E-state index contributed by atoms with van der Waals surface area (Å²) in [4.78, 5) is 5.99. The normalized spacial score (nSPS) is 11.5. The van der Waals surface area contributed by atoms with Gasteiger partial charge in [0.05, 0.1) is 6.54 Å². The lowest BCUT2D eigenvalue weighted by molar-refractivity contribution is 0.358. The number of rotatable bonds is 5. The summed E-state index contributed by atoms with van der Waals surface area (Å²) in [5.41, 5.74) is 5.83. The third-order valence-corrected chi connectivity index (χ3v) is 4.44. The molecule has 110 valence electrons. The third kappa shape index (κ3) is 4.58. The van der Waals surface area contributed by atoms with Gasteiger partial charge in [-0.15, -0.1) is 0 Å². The maximum atomic E-state index is 12.4. The lowest BCUT2D eigenvalue weighted by atomic mass is 10.3. The highest BCUT2D eigenvalue weighted by molar-refractivity contribution is 7.89. The summed E-state index contributed by atoms with van der Waals surface area (Å²) >= 11 is 0. The zero-order valence-electron chi connectivity index (χ0n) is 12.0. The molecule has 0 fully saturated rings. The minimum atomic E-state index is -3.54. The molecule has 0 aromatic carbocycles. The van der Waals surface area contributed by atoms with Crippen LogP contribution in [-0.4, -0.2) is 63.4 Å². The van der Waals surface area contributed by atoms with Gasteiger partial charge in [-0.2, -0.15) is 4.31 Å². The molecule has 2 N–H and O–H groups in total. The molecular weight excluding hydrogens is 276 g/mol. The summed E-state index contributed by atoms with van der Waals surface area (Å²) in [6, 6.07) is 1.51. The Morgan fingerprint density at radius 2 is 1.95 bits per heavy atom. The van der Waals surface area contributed by atoms with Crippen LogP contribution in [0.4, 0.5) is 0 Å². The van der Waals surface area contributed by atoms with E-state index < -0.39 is 10.0 Å². The van der Waals surface area contributed by atoms with Crippen molar-refractivity contribution in [1.29, 1.82) is 0 Å². The van der Waals surface area contributed by atoms with Crippen molar-refractivity contribution in [3.63, 3.8) is 0 Å². The number of likely N-dealkylation sites (N-methyl/N-ethyl adjacent to an activating group) is 2. The average Bonchev–Trinajstić information content (AvgIpc) is 2.42. The summed E-state index contributed by atoms with van der Waals surface area (Å²) in [5.74, 6) is 5.45. The fourth-order valence-electron chi connectivity index (χ4n) is 1.42. The van der Waals surface area contributed by atoms with Crippen molar-refractivity contribution in [3.05, 3.63) is 24.0 Å². The molecule has 1 aromatic heterocycles. The van der Waals surface area contributed by atoms with Crippen molar-refractivity contribution in [2.24, 2.45) is 5.73 Å². The molecule has 0 radical (unpaired) electrons. The summed E-state index contributed by atoms with van der Waals surface area (Å²) in [6.45, 7) is 1.28. The first kappa shape index (κ1) is 16.6. The Bertz CT molecular complexity index is 602. The molecule has 7 heteroatoms. The first-order valence-corrected chi connectivity index (χ1v) is 7.57. The van der Waals surface area contributed by atoms with Crippen LogP contribution in [0.15, 0.2) is 23.4 Å². The van der Waals surface area contributed by atoms with Crippen LogP contribution in [0.3, 0.4) is 0 Å². The zero-order chi connectivity index (χ0) is 15.2. The summed E-state index contributed by atoms with van der Waals surface area (Å²) in [5, 5.41) is 0. The second-order valence-corrected chi connectivity index (χ2v) is 6.59. The number of aromatic nitrogens is 1. The molecule has 0 bridgehead atoms. The number of sulfonamides is 1. The predicted molar refractivity (Wildman–Crippen MR) is 78.5 cm³/mol. The van der Waals surface area contributed by atoms with E-state index in [1.165, 1.54) is 22.8 Å². The Balaban J connectivity index is 2.97. The van der Waals surface area contributed by atoms with Crippen molar-refractivity contribution < 1.29 is 8.42 Å². The molecule has 0 unspecified atom stereocenters. The molecule has 0 amide bonds. The van der Waals surface area contributed by atoms with Gasteiger partial charge >= 0.3 is 0 Å². The molecule has 0 spiro atoms. The molecule has 0 aliphatic heterocycles. The van der Waals surface area contributed by atoms with Gasteiger partial charge in [0.25, 0.3) is 0 Å². The lowest BCUT2D eigenvalue weighted by Crippen LogP contribution is -2.33. The van der Waals surface area contributed by atoms with Crippen molar-refractivity contribution >= 4 is 10.0 Å².